The smallest absolute Gasteiger partial charge is 0.363 e. The van der Waals surface area contributed by atoms with E-state index in [1.807, 2.05) is 18.2 Å². The number of halogens is 3. The molecule has 0 radical (unpaired) electrons. The first-order valence-electron chi connectivity index (χ1n) is 9.47. The quantitative estimate of drug-likeness (QED) is 0.192. The summed E-state index contributed by atoms with van der Waals surface area (Å²) >= 11 is 5.68. The zero-order valence-electron chi connectivity index (χ0n) is 16.8. The van der Waals surface area contributed by atoms with Crippen molar-refractivity contribution in [2.75, 3.05) is 7.11 Å². The second kappa shape index (κ2) is 9.83. The van der Waals surface area contributed by atoms with Crippen LogP contribution in [0.3, 0.4) is 0 Å². The Balaban J connectivity index is 1.65. The van der Waals surface area contributed by atoms with Gasteiger partial charge in [-0.2, -0.15) is 0 Å². The number of para-hydroxylation sites is 1. The van der Waals surface area contributed by atoms with Crippen LogP contribution in [-0.2, 0) is 16.1 Å². The van der Waals surface area contributed by atoms with Crippen LogP contribution in [0.25, 0.3) is 6.08 Å². The number of carbonyl (C=O) groups excluding carboxylic acids is 1. The molecule has 0 unspecified atom stereocenters. The maximum absolute atomic E-state index is 13.2. The first kappa shape index (κ1) is 22.5. The number of hydrogen-bond donors (Lipinski definition) is 0. The van der Waals surface area contributed by atoms with Crippen LogP contribution in [0.1, 0.15) is 16.7 Å². The number of hydrogen-bond acceptors (Lipinski definition) is 5. The molecule has 1 heterocycles. The molecule has 32 heavy (non-hydrogen) atoms. The molecule has 0 saturated heterocycles. The van der Waals surface area contributed by atoms with Crippen LogP contribution in [0.4, 0.5) is 4.39 Å². The predicted molar refractivity (Wildman–Crippen MR) is 131 cm³/mol. The number of esters is 1. The Morgan fingerprint density at radius 2 is 1.94 bits per heavy atom. The lowest BCUT2D eigenvalue weighted by Crippen LogP contribution is -2.05. The Hall–Kier alpha value is -2.72. The number of rotatable bonds is 6. The minimum atomic E-state index is -0.554. The maximum atomic E-state index is 13.2. The molecule has 0 N–H and O–H groups in total. The molecule has 162 valence electrons. The van der Waals surface area contributed by atoms with Crippen molar-refractivity contribution >= 4 is 56.5 Å². The molecule has 1 aliphatic rings. The lowest BCUT2D eigenvalue weighted by atomic mass is 10.1. The summed E-state index contributed by atoms with van der Waals surface area (Å²) in [5.74, 6) is 0.306. The Morgan fingerprint density at radius 1 is 1.16 bits per heavy atom. The molecular weight excluding hydrogens is 592 g/mol. The first-order valence-corrected chi connectivity index (χ1v) is 11.3. The van der Waals surface area contributed by atoms with Gasteiger partial charge in [0, 0.05) is 19.2 Å². The van der Waals surface area contributed by atoms with Crippen LogP contribution in [-0.4, -0.2) is 19.0 Å². The zero-order chi connectivity index (χ0) is 22.7. The number of methoxy groups -OCH3 is 1. The average Bonchev–Trinajstić information content (AvgIpc) is 3.15. The molecule has 5 nitrogen and oxygen atoms in total. The minimum absolute atomic E-state index is 0.148. The minimum Gasteiger partial charge on any atom is -0.493 e. The van der Waals surface area contributed by atoms with E-state index in [0.717, 1.165) is 13.6 Å². The van der Waals surface area contributed by atoms with Crippen LogP contribution in [0.15, 0.2) is 75.8 Å². The van der Waals surface area contributed by atoms with Crippen LogP contribution >= 0.6 is 38.5 Å². The fraction of sp³-hybridized carbons (Fsp3) is 0.0833. The lowest BCUT2D eigenvalue weighted by Gasteiger charge is -2.13. The summed E-state index contributed by atoms with van der Waals surface area (Å²) in [6.45, 7) is 0.201. The Morgan fingerprint density at radius 3 is 2.66 bits per heavy atom. The van der Waals surface area contributed by atoms with Gasteiger partial charge in [-0.15, -0.1) is 0 Å². The van der Waals surface area contributed by atoms with E-state index in [-0.39, 0.29) is 24.0 Å². The molecule has 0 saturated carbocycles. The van der Waals surface area contributed by atoms with Crippen LogP contribution in [0.5, 0.6) is 11.5 Å². The van der Waals surface area contributed by atoms with E-state index >= 15 is 0 Å². The second-order valence-corrected chi connectivity index (χ2v) is 8.78. The fourth-order valence-corrected chi connectivity index (χ4v) is 3.72. The van der Waals surface area contributed by atoms with E-state index in [1.165, 1.54) is 19.2 Å². The molecule has 0 amide bonds. The molecule has 8 heteroatoms. The van der Waals surface area contributed by atoms with Gasteiger partial charge in [0.1, 0.15) is 12.4 Å². The van der Waals surface area contributed by atoms with Crippen LogP contribution in [0, 0.1) is 9.39 Å². The van der Waals surface area contributed by atoms with Gasteiger partial charge in [0.2, 0.25) is 5.90 Å². The van der Waals surface area contributed by atoms with Crippen molar-refractivity contribution < 1.29 is 23.4 Å². The summed E-state index contributed by atoms with van der Waals surface area (Å²) in [5, 5.41) is 0. The van der Waals surface area contributed by atoms with Crippen molar-refractivity contribution in [2.45, 2.75) is 6.61 Å². The van der Waals surface area contributed by atoms with Crippen molar-refractivity contribution in [3.8, 4) is 11.5 Å². The number of aliphatic imine (C=N–C) groups is 1. The molecule has 0 bridgehead atoms. The van der Waals surface area contributed by atoms with Gasteiger partial charge >= 0.3 is 5.97 Å². The molecule has 0 aromatic heterocycles. The normalized spacial score (nSPS) is 14.3. The third-order valence-electron chi connectivity index (χ3n) is 4.60. The highest BCUT2D eigenvalue weighted by Crippen LogP contribution is 2.34. The van der Waals surface area contributed by atoms with E-state index < -0.39 is 5.97 Å². The predicted octanol–water partition coefficient (Wildman–Crippen LogP) is 6.12. The van der Waals surface area contributed by atoms with E-state index in [9.17, 15) is 9.18 Å². The molecule has 3 aromatic rings. The molecule has 3 aromatic carbocycles. The summed E-state index contributed by atoms with van der Waals surface area (Å²) in [5.41, 5.74) is 2.23. The van der Waals surface area contributed by atoms with Crippen LogP contribution in [0.2, 0.25) is 0 Å². The van der Waals surface area contributed by atoms with Gasteiger partial charge in [-0.05, 0) is 86.6 Å². The summed E-state index contributed by atoms with van der Waals surface area (Å²) in [6.07, 6.45) is 1.60. The fourth-order valence-electron chi connectivity index (χ4n) is 3.01. The largest absolute Gasteiger partial charge is 0.493 e. The van der Waals surface area contributed by atoms with E-state index in [2.05, 4.69) is 43.5 Å². The maximum Gasteiger partial charge on any atom is 0.363 e. The van der Waals surface area contributed by atoms with E-state index in [1.54, 1.807) is 36.4 Å². The highest BCUT2D eigenvalue weighted by atomic mass is 127. The standard InChI is InChI=1S/C24H16BrFINO4/c1-30-21-4-2-3-15(22(21)31-13-14-5-8-17(26)9-6-14)12-20-24(29)32-23(28-20)16-7-10-19(27)18(25)11-16/h2-12H,13H2,1H3/b20-12-. The zero-order valence-corrected chi connectivity index (χ0v) is 20.5. The van der Waals surface area contributed by atoms with Gasteiger partial charge in [-0.1, -0.05) is 24.3 Å². The highest BCUT2D eigenvalue weighted by Gasteiger charge is 2.25. The van der Waals surface area contributed by atoms with Gasteiger partial charge in [0.25, 0.3) is 0 Å². The molecule has 0 spiro atoms. The molecule has 0 aliphatic carbocycles. The third-order valence-corrected chi connectivity index (χ3v) is 6.94. The van der Waals surface area contributed by atoms with Gasteiger partial charge in [-0.3, -0.25) is 0 Å². The van der Waals surface area contributed by atoms with Crippen molar-refractivity contribution in [3.63, 3.8) is 0 Å². The highest BCUT2D eigenvalue weighted by molar-refractivity contribution is 14.1. The number of carbonyl (C=O) groups is 1. The van der Waals surface area contributed by atoms with Gasteiger partial charge in [0.15, 0.2) is 17.2 Å². The molecular formula is C24H16BrFINO4. The van der Waals surface area contributed by atoms with Crippen molar-refractivity contribution in [3.05, 3.63) is 96.9 Å². The van der Waals surface area contributed by atoms with Crippen molar-refractivity contribution in [1.82, 2.24) is 0 Å². The third kappa shape index (κ3) is 5.02. The average molecular weight is 608 g/mol. The first-order chi connectivity index (χ1) is 15.4. The summed E-state index contributed by atoms with van der Waals surface area (Å²) in [4.78, 5) is 16.8. The second-order valence-electron chi connectivity index (χ2n) is 6.76. The number of ether oxygens (including phenoxy) is 3. The molecule has 0 fully saturated rings. The topological polar surface area (TPSA) is 57.1 Å². The summed E-state index contributed by atoms with van der Waals surface area (Å²) < 4.78 is 31.9. The van der Waals surface area contributed by atoms with Gasteiger partial charge in [-0.25, -0.2) is 14.2 Å². The SMILES string of the molecule is COc1cccc(/C=C2\N=C(c3ccc(I)c(Br)c3)OC2=O)c1OCc1ccc(F)cc1. The number of nitrogens with zero attached hydrogens (tertiary/aromatic N) is 1. The monoisotopic (exact) mass is 607 g/mol. The number of benzene rings is 3. The van der Waals surface area contributed by atoms with Crippen molar-refractivity contribution in [1.29, 1.82) is 0 Å². The molecule has 0 atom stereocenters. The Kier molecular flexibility index (Phi) is 6.90. The van der Waals surface area contributed by atoms with E-state index in [0.29, 0.717) is 22.6 Å². The summed E-state index contributed by atoms with van der Waals surface area (Å²) in [6, 6.07) is 17.0. The molecule has 1 aliphatic heterocycles. The van der Waals surface area contributed by atoms with Gasteiger partial charge < -0.3 is 14.2 Å². The molecule has 4 rings (SSSR count). The Labute approximate surface area is 206 Å². The lowest BCUT2D eigenvalue weighted by molar-refractivity contribution is -0.129. The van der Waals surface area contributed by atoms with Crippen LogP contribution < -0.4 is 9.47 Å². The van der Waals surface area contributed by atoms with Gasteiger partial charge in [0.05, 0.1) is 7.11 Å². The summed E-state index contributed by atoms with van der Waals surface area (Å²) in [7, 11) is 1.53. The number of cyclic esters (lactones) is 1. The Bertz CT molecular complexity index is 1240. The van der Waals surface area contributed by atoms with E-state index in [4.69, 9.17) is 14.2 Å². The van der Waals surface area contributed by atoms with Crippen molar-refractivity contribution in [2.24, 2.45) is 4.99 Å².